The molecule has 2 rings (SSSR count). The van der Waals surface area contributed by atoms with Crippen LogP contribution in [0.15, 0.2) is 6.07 Å². The Morgan fingerprint density at radius 3 is 3.00 bits per heavy atom. The summed E-state index contributed by atoms with van der Waals surface area (Å²) >= 11 is 0. The lowest BCUT2D eigenvalue weighted by Gasteiger charge is -2.22. The first-order chi connectivity index (χ1) is 7.07. The molecule has 0 radical (unpaired) electrons. The zero-order valence-electron chi connectivity index (χ0n) is 8.36. The van der Waals surface area contributed by atoms with E-state index >= 15 is 0 Å². The Balaban J connectivity index is 2.16. The highest BCUT2D eigenvalue weighted by Gasteiger charge is 2.32. The second kappa shape index (κ2) is 3.62. The number of nitrogens with zero attached hydrogens (tertiary/aromatic N) is 2. The van der Waals surface area contributed by atoms with Crippen molar-refractivity contribution >= 4 is 5.95 Å². The molecule has 2 N–H and O–H groups in total. The van der Waals surface area contributed by atoms with Crippen molar-refractivity contribution in [3.05, 3.63) is 12.0 Å². The van der Waals surface area contributed by atoms with Crippen LogP contribution in [0.2, 0.25) is 0 Å². The van der Waals surface area contributed by atoms with Gasteiger partial charge in [-0.05, 0) is 6.92 Å². The number of hydrogen-bond donors (Lipinski definition) is 1. The van der Waals surface area contributed by atoms with E-state index in [-0.39, 0.29) is 11.8 Å². The summed E-state index contributed by atoms with van der Waals surface area (Å²) in [6.07, 6.45) is 0.749. The number of aromatic nitrogens is 2. The lowest BCUT2D eigenvalue weighted by molar-refractivity contribution is 0.0618. The molecule has 5 nitrogen and oxygen atoms in total. The Labute approximate surface area is 86.4 Å². The van der Waals surface area contributed by atoms with Gasteiger partial charge < -0.3 is 15.2 Å². The van der Waals surface area contributed by atoms with Crippen LogP contribution in [0, 0.1) is 5.95 Å². The molecule has 1 unspecified atom stereocenters. The largest absolute Gasteiger partial charge is 0.469 e. The van der Waals surface area contributed by atoms with Gasteiger partial charge in [-0.15, -0.1) is 0 Å². The SMILES string of the molecule is CC1(Oc2cc(F)nc(N)n2)CCOC1. The van der Waals surface area contributed by atoms with Gasteiger partial charge in [0.1, 0.15) is 5.60 Å². The number of nitrogens with two attached hydrogens (primary N) is 1. The van der Waals surface area contributed by atoms with Crippen molar-refractivity contribution < 1.29 is 13.9 Å². The fourth-order valence-electron chi connectivity index (χ4n) is 1.45. The maximum absolute atomic E-state index is 12.9. The molecule has 1 aromatic heterocycles. The van der Waals surface area contributed by atoms with E-state index in [0.29, 0.717) is 13.2 Å². The van der Waals surface area contributed by atoms with E-state index in [2.05, 4.69) is 9.97 Å². The van der Waals surface area contributed by atoms with Crippen molar-refractivity contribution in [2.45, 2.75) is 18.9 Å². The average Bonchev–Trinajstić information content (AvgIpc) is 2.49. The Morgan fingerprint density at radius 2 is 2.40 bits per heavy atom. The van der Waals surface area contributed by atoms with E-state index in [1.807, 2.05) is 6.92 Å². The van der Waals surface area contributed by atoms with Crippen LogP contribution < -0.4 is 10.5 Å². The highest BCUT2D eigenvalue weighted by Crippen LogP contribution is 2.25. The van der Waals surface area contributed by atoms with Gasteiger partial charge in [-0.25, -0.2) is 0 Å². The molecule has 1 aromatic rings. The zero-order valence-corrected chi connectivity index (χ0v) is 8.36. The predicted octanol–water partition coefficient (Wildman–Crippen LogP) is 0.756. The third kappa shape index (κ3) is 2.33. The van der Waals surface area contributed by atoms with E-state index in [0.717, 1.165) is 12.5 Å². The lowest BCUT2D eigenvalue weighted by Crippen LogP contribution is -2.33. The number of hydrogen-bond acceptors (Lipinski definition) is 5. The third-order valence-electron chi connectivity index (χ3n) is 2.22. The van der Waals surface area contributed by atoms with Crippen LogP contribution in [0.3, 0.4) is 0 Å². The number of nitrogen functional groups attached to an aromatic ring is 1. The van der Waals surface area contributed by atoms with Gasteiger partial charge in [0, 0.05) is 6.42 Å². The molecule has 0 saturated carbocycles. The van der Waals surface area contributed by atoms with E-state index in [1.54, 1.807) is 0 Å². The molecule has 0 bridgehead atoms. The molecule has 0 aliphatic carbocycles. The molecule has 82 valence electrons. The summed E-state index contributed by atoms with van der Waals surface area (Å²) in [5, 5.41) is 0. The lowest BCUT2D eigenvalue weighted by atomic mass is 10.1. The standard InChI is InChI=1S/C9H12FN3O2/c1-9(2-3-14-5-9)15-7-4-6(10)12-8(11)13-7/h4H,2-3,5H2,1H3,(H2,11,12,13). The molecule has 2 heterocycles. The maximum Gasteiger partial charge on any atom is 0.226 e. The molecule has 0 spiro atoms. The summed E-state index contributed by atoms with van der Waals surface area (Å²) in [4.78, 5) is 7.11. The quantitative estimate of drug-likeness (QED) is 0.734. The monoisotopic (exact) mass is 213 g/mol. The van der Waals surface area contributed by atoms with Crippen molar-refractivity contribution in [2.75, 3.05) is 18.9 Å². The number of anilines is 1. The molecule has 1 aliphatic rings. The van der Waals surface area contributed by atoms with Crippen molar-refractivity contribution in [1.82, 2.24) is 9.97 Å². The molecular formula is C9H12FN3O2. The van der Waals surface area contributed by atoms with Crippen LogP contribution >= 0.6 is 0 Å². The second-order valence-corrected chi connectivity index (χ2v) is 3.74. The molecule has 1 saturated heterocycles. The zero-order chi connectivity index (χ0) is 10.9. The Morgan fingerprint density at radius 1 is 1.60 bits per heavy atom. The molecule has 1 atom stereocenters. The van der Waals surface area contributed by atoms with Crippen molar-refractivity contribution in [2.24, 2.45) is 0 Å². The fourth-order valence-corrected chi connectivity index (χ4v) is 1.45. The van der Waals surface area contributed by atoms with Crippen LogP contribution in [0.1, 0.15) is 13.3 Å². The summed E-state index contributed by atoms with van der Waals surface area (Å²) in [5.74, 6) is -0.680. The van der Waals surface area contributed by atoms with Gasteiger partial charge in [-0.2, -0.15) is 14.4 Å². The molecular weight excluding hydrogens is 201 g/mol. The minimum absolute atomic E-state index is 0.132. The van der Waals surface area contributed by atoms with Crippen molar-refractivity contribution in [1.29, 1.82) is 0 Å². The first-order valence-electron chi connectivity index (χ1n) is 4.64. The molecule has 1 fully saturated rings. The Kier molecular flexibility index (Phi) is 2.44. The number of rotatable bonds is 2. The van der Waals surface area contributed by atoms with Gasteiger partial charge in [0.15, 0.2) is 0 Å². The molecule has 6 heteroatoms. The smallest absolute Gasteiger partial charge is 0.226 e. The van der Waals surface area contributed by atoms with Gasteiger partial charge >= 0.3 is 0 Å². The summed E-state index contributed by atoms with van der Waals surface area (Å²) in [6.45, 7) is 2.99. The van der Waals surface area contributed by atoms with Gasteiger partial charge in [-0.1, -0.05) is 0 Å². The first kappa shape index (κ1) is 10.1. The first-order valence-corrected chi connectivity index (χ1v) is 4.64. The summed E-state index contributed by atoms with van der Waals surface area (Å²) in [7, 11) is 0. The summed E-state index contributed by atoms with van der Waals surface area (Å²) < 4.78 is 23.6. The van der Waals surface area contributed by atoms with Gasteiger partial charge in [0.2, 0.25) is 17.8 Å². The average molecular weight is 213 g/mol. The Bertz CT molecular complexity index is 346. The van der Waals surface area contributed by atoms with E-state index < -0.39 is 11.5 Å². The van der Waals surface area contributed by atoms with Crippen LogP contribution in [0.25, 0.3) is 0 Å². The van der Waals surface area contributed by atoms with E-state index in [1.165, 1.54) is 0 Å². The van der Waals surface area contributed by atoms with Crippen LogP contribution in [-0.4, -0.2) is 28.8 Å². The highest BCUT2D eigenvalue weighted by molar-refractivity contribution is 5.22. The minimum atomic E-state index is -0.694. The van der Waals surface area contributed by atoms with Crippen LogP contribution in [0.5, 0.6) is 5.88 Å². The van der Waals surface area contributed by atoms with Gasteiger partial charge in [0.05, 0.1) is 19.3 Å². The van der Waals surface area contributed by atoms with Crippen LogP contribution in [-0.2, 0) is 4.74 Å². The molecule has 0 amide bonds. The van der Waals surface area contributed by atoms with Gasteiger partial charge in [-0.3, -0.25) is 0 Å². The normalized spacial score (nSPS) is 25.5. The fraction of sp³-hybridized carbons (Fsp3) is 0.556. The Hall–Kier alpha value is -1.43. The molecule has 0 aromatic carbocycles. The summed E-state index contributed by atoms with van der Waals surface area (Å²) in [5.41, 5.74) is 4.85. The highest BCUT2D eigenvalue weighted by atomic mass is 19.1. The second-order valence-electron chi connectivity index (χ2n) is 3.74. The van der Waals surface area contributed by atoms with Crippen LogP contribution in [0.4, 0.5) is 10.3 Å². The predicted molar refractivity (Wildman–Crippen MR) is 50.9 cm³/mol. The maximum atomic E-state index is 12.9. The topological polar surface area (TPSA) is 70.3 Å². The van der Waals surface area contributed by atoms with Crippen molar-refractivity contribution in [3.63, 3.8) is 0 Å². The molecule has 1 aliphatic heterocycles. The van der Waals surface area contributed by atoms with Gasteiger partial charge in [0.25, 0.3) is 0 Å². The summed E-state index contributed by atoms with van der Waals surface area (Å²) in [6, 6.07) is 1.11. The minimum Gasteiger partial charge on any atom is -0.469 e. The van der Waals surface area contributed by atoms with E-state index in [9.17, 15) is 4.39 Å². The van der Waals surface area contributed by atoms with Crippen molar-refractivity contribution in [3.8, 4) is 5.88 Å². The molecule has 15 heavy (non-hydrogen) atoms. The third-order valence-corrected chi connectivity index (χ3v) is 2.22. The van der Waals surface area contributed by atoms with E-state index in [4.69, 9.17) is 15.2 Å². The number of halogens is 1. The number of ether oxygens (including phenoxy) is 2.